The molecule has 0 radical (unpaired) electrons. The Labute approximate surface area is 103 Å². The molecular formula is C11H12ClN3S. The second-order valence-electron chi connectivity index (χ2n) is 3.36. The van der Waals surface area contributed by atoms with Gasteiger partial charge in [0.25, 0.3) is 0 Å². The summed E-state index contributed by atoms with van der Waals surface area (Å²) in [7, 11) is 1.93. The molecule has 16 heavy (non-hydrogen) atoms. The molecule has 0 bridgehead atoms. The maximum atomic E-state index is 5.83. The van der Waals surface area contributed by atoms with Crippen LogP contribution in [0.2, 0.25) is 5.02 Å². The van der Waals surface area contributed by atoms with Crippen molar-refractivity contribution in [1.29, 1.82) is 0 Å². The van der Waals surface area contributed by atoms with Gasteiger partial charge in [-0.2, -0.15) is 0 Å². The summed E-state index contributed by atoms with van der Waals surface area (Å²) in [5, 5.41) is 14.2. The number of halogens is 1. The Morgan fingerprint density at radius 1 is 1.25 bits per heavy atom. The zero-order chi connectivity index (χ0) is 11.4. The molecule has 2 rings (SSSR count). The van der Waals surface area contributed by atoms with E-state index in [-0.39, 0.29) is 0 Å². The first kappa shape index (κ1) is 11.5. The molecule has 0 unspecified atom stereocenters. The highest BCUT2D eigenvalue weighted by Crippen LogP contribution is 2.24. The van der Waals surface area contributed by atoms with Crippen LogP contribution in [0.15, 0.2) is 24.3 Å². The van der Waals surface area contributed by atoms with Gasteiger partial charge in [0.05, 0.1) is 0 Å². The van der Waals surface area contributed by atoms with Crippen LogP contribution in [-0.4, -0.2) is 23.8 Å². The van der Waals surface area contributed by atoms with Gasteiger partial charge in [-0.25, -0.2) is 0 Å². The monoisotopic (exact) mass is 253 g/mol. The quantitative estimate of drug-likeness (QED) is 0.910. The molecule has 0 saturated heterocycles. The number of benzene rings is 1. The predicted molar refractivity (Wildman–Crippen MR) is 68.0 cm³/mol. The van der Waals surface area contributed by atoms with Crippen LogP contribution >= 0.6 is 22.9 Å². The van der Waals surface area contributed by atoms with Gasteiger partial charge in [0, 0.05) is 23.6 Å². The number of nitrogens with zero attached hydrogens (tertiary/aromatic N) is 2. The van der Waals surface area contributed by atoms with Crippen molar-refractivity contribution < 1.29 is 0 Å². The zero-order valence-electron chi connectivity index (χ0n) is 8.90. The molecule has 0 amide bonds. The number of hydrogen-bond acceptors (Lipinski definition) is 4. The summed E-state index contributed by atoms with van der Waals surface area (Å²) >= 11 is 7.46. The Hall–Kier alpha value is -0.970. The Balaban J connectivity index is 2.15. The highest BCUT2D eigenvalue weighted by atomic mass is 35.5. The second-order valence-corrected chi connectivity index (χ2v) is 4.86. The van der Waals surface area contributed by atoms with E-state index >= 15 is 0 Å². The van der Waals surface area contributed by atoms with E-state index in [4.69, 9.17) is 11.6 Å². The molecule has 3 nitrogen and oxygen atoms in total. The summed E-state index contributed by atoms with van der Waals surface area (Å²) < 4.78 is 0. The molecule has 1 aromatic carbocycles. The molecule has 0 atom stereocenters. The van der Waals surface area contributed by atoms with Gasteiger partial charge in [-0.3, -0.25) is 0 Å². The molecule has 1 aromatic heterocycles. The molecule has 0 aliphatic heterocycles. The Morgan fingerprint density at radius 3 is 2.69 bits per heavy atom. The fourth-order valence-electron chi connectivity index (χ4n) is 1.30. The van der Waals surface area contributed by atoms with Gasteiger partial charge in [0.15, 0.2) is 0 Å². The van der Waals surface area contributed by atoms with Gasteiger partial charge in [-0.1, -0.05) is 35.1 Å². The number of likely N-dealkylation sites (N-methyl/N-ethyl adjacent to an activating group) is 1. The van der Waals surface area contributed by atoms with Crippen molar-refractivity contribution in [1.82, 2.24) is 15.5 Å². The Kier molecular flexibility index (Phi) is 3.88. The lowest BCUT2D eigenvalue weighted by Gasteiger charge is -1.94. The van der Waals surface area contributed by atoms with Crippen LogP contribution in [0.4, 0.5) is 0 Å². The van der Waals surface area contributed by atoms with Crippen LogP contribution in [-0.2, 0) is 6.42 Å². The van der Waals surface area contributed by atoms with Crippen LogP contribution in [0.3, 0.4) is 0 Å². The molecule has 1 N–H and O–H groups in total. The van der Waals surface area contributed by atoms with Crippen LogP contribution in [0.25, 0.3) is 10.6 Å². The van der Waals surface area contributed by atoms with E-state index < -0.39 is 0 Å². The summed E-state index contributed by atoms with van der Waals surface area (Å²) in [4.78, 5) is 0. The molecule has 0 fully saturated rings. The standard InChI is InChI=1S/C11H12ClN3S/c1-13-7-6-10-14-15-11(16-10)8-2-4-9(12)5-3-8/h2-5,13H,6-7H2,1H3. The van der Waals surface area contributed by atoms with Gasteiger partial charge in [-0.05, 0) is 19.2 Å². The van der Waals surface area contributed by atoms with E-state index in [1.165, 1.54) is 0 Å². The first-order valence-electron chi connectivity index (χ1n) is 5.02. The lowest BCUT2D eigenvalue weighted by Crippen LogP contribution is -2.09. The van der Waals surface area contributed by atoms with Crippen molar-refractivity contribution in [3.05, 3.63) is 34.3 Å². The first-order chi connectivity index (χ1) is 7.79. The van der Waals surface area contributed by atoms with E-state index in [1.807, 2.05) is 31.3 Å². The van der Waals surface area contributed by atoms with Crippen molar-refractivity contribution in [2.45, 2.75) is 6.42 Å². The van der Waals surface area contributed by atoms with Gasteiger partial charge in [0.1, 0.15) is 10.0 Å². The van der Waals surface area contributed by atoms with Gasteiger partial charge >= 0.3 is 0 Å². The average molecular weight is 254 g/mol. The molecule has 1 heterocycles. The van der Waals surface area contributed by atoms with E-state index in [2.05, 4.69) is 15.5 Å². The zero-order valence-corrected chi connectivity index (χ0v) is 10.5. The minimum Gasteiger partial charge on any atom is -0.319 e. The molecule has 5 heteroatoms. The summed E-state index contributed by atoms with van der Waals surface area (Å²) in [6.07, 6.45) is 0.918. The summed E-state index contributed by atoms with van der Waals surface area (Å²) in [5.74, 6) is 0. The van der Waals surface area contributed by atoms with Crippen molar-refractivity contribution in [2.24, 2.45) is 0 Å². The summed E-state index contributed by atoms with van der Waals surface area (Å²) in [6.45, 7) is 0.926. The first-order valence-corrected chi connectivity index (χ1v) is 6.22. The number of rotatable bonds is 4. The van der Waals surface area contributed by atoms with Crippen LogP contribution < -0.4 is 5.32 Å². The summed E-state index contributed by atoms with van der Waals surface area (Å²) in [6, 6.07) is 7.66. The molecule has 0 saturated carbocycles. The van der Waals surface area contributed by atoms with Gasteiger partial charge < -0.3 is 5.32 Å². The highest BCUT2D eigenvalue weighted by molar-refractivity contribution is 7.14. The minimum atomic E-state index is 0.740. The summed E-state index contributed by atoms with van der Waals surface area (Å²) in [5.41, 5.74) is 1.07. The third-order valence-electron chi connectivity index (χ3n) is 2.15. The van der Waals surface area contributed by atoms with Gasteiger partial charge in [-0.15, -0.1) is 10.2 Å². The smallest absolute Gasteiger partial charge is 0.147 e. The maximum Gasteiger partial charge on any atom is 0.147 e. The maximum absolute atomic E-state index is 5.83. The third-order valence-corrected chi connectivity index (χ3v) is 3.43. The highest BCUT2D eigenvalue weighted by Gasteiger charge is 2.05. The number of hydrogen-bond donors (Lipinski definition) is 1. The Bertz CT molecular complexity index is 453. The van der Waals surface area contributed by atoms with Crippen LogP contribution in [0.1, 0.15) is 5.01 Å². The van der Waals surface area contributed by atoms with E-state index in [9.17, 15) is 0 Å². The second kappa shape index (κ2) is 5.39. The fourth-order valence-corrected chi connectivity index (χ4v) is 2.27. The molecule has 0 aliphatic carbocycles. The third kappa shape index (κ3) is 2.78. The molecule has 84 valence electrons. The van der Waals surface area contributed by atoms with Crippen molar-refractivity contribution >= 4 is 22.9 Å². The van der Waals surface area contributed by atoms with Crippen molar-refractivity contribution in [3.8, 4) is 10.6 Å². The van der Waals surface area contributed by atoms with Crippen LogP contribution in [0.5, 0.6) is 0 Å². The van der Waals surface area contributed by atoms with Crippen LogP contribution in [0, 0.1) is 0 Å². The minimum absolute atomic E-state index is 0.740. The molecule has 0 spiro atoms. The van der Waals surface area contributed by atoms with Crippen molar-refractivity contribution in [3.63, 3.8) is 0 Å². The molecular weight excluding hydrogens is 242 g/mol. The number of nitrogens with one attached hydrogen (secondary N) is 1. The lowest BCUT2D eigenvalue weighted by molar-refractivity contribution is 0.779. The SMILES string of the molecule is CNCCc1nnc(-c2ccc(Cl)cc2)s1. The largest absolute Gasteiger partial charge is 0.319 e. The predicted octanol–water partition coefficient (Wildman–Crippen LogP) is 2.62. The average Bonchev–Trinajstić information content (AvgIpc) is 2.76. The van der Waals surface area contributed by atoms with Gasteiger partial charge in [0.2, 0.25) is 0 Å². The van der Waals surface area contributed by atoms with E-state index in [1.54, 1.807) is 11.3 Å². The van der Waals surface area contributed by atoms with Crippen molar-refractivity contribution in [2.75, 3.05) is 13.6 Å². The Morgan fingerprint density at radius 2 is 2.00 bits per heavy atom. The lowest BCUT2D eigenvalue weighted by atomic mass is 10.2. The topological polar surface area (TPSA) is 37.8 Å². The van der Waals surface area contributed by atoms with E-state index in [0.29, 0.717) is 0 Å². The fraction of sp³-hybridized carbons (Fsp3) is 0.273. The molecule has 2 aromatic rings. The van der Waals surface area contributed by atoms with E-state index in [0.717, 1.165) is 33.6 Å². The number of aromatic nitrogens is 2. The normalized spacial score (nSPS) is 10.6. The molecule has 0 aliphatic rings.